The van der Waals surface area contributed by atoms with Crippen molar-refractivity contribution < 1.29 is 9.59 Å². The molecular formula is C17H22ClN3O2. The molecule has 0 radical (unpaired) electrons. The molecule has 0 aromatic heterocycles. The Morgan fingerprint density at radius 3 is 2.91 bits per heavy atom. The van der Waals surface area contributed by atoms with Gasteiger partial charge < -0.3 is 15.1 Å². The highest BCUT2D eigenvalue weighted by atomic mass is 35.5. The summed E-state index contributed by atoms with van der Waals surface area (Å²) < 4.78 is 0. The Balaban J connectivity index is 1.96. The number of hydrogen-bond donors (Lipinski definition) is 1. The first kappa shape index (κ1) is 16.3. The van der Waals surface area contributed by atoms with Crippen LogP contribution in [0.1, 0.15) is 36.0 Å². The van der Waals surface area contributed by atoms with E-state index in [1.807, 2.05) is 13.1 Å². The molecule has 2 aliphatic heterocycles. The molecule has 0 bridgehead atoms. The van der Waals surface area contributed by atoms with Crippen LogP contribution in [0.4, 0.5) is 5.69 Å². The highest BCUT2D eigenvalue weighted by molar-refractivity contribution is 6.35. The lowest BCUT2D eigenvalue weighted by atomic mass is 10.1. The number of fused-ring (bicyclic) bond motifs is 2. The van der Waals surface area contributed by atoms with E-state index < -0.39 is 0 Å². The van der Waals surface area contributed by atoms with Crippen LogP contribution >= 0.6 is 11.6 Å². The number of carbonyl (C=O) groups excluding carboxylic acids is 2. The molecule has 1 aromatic rings. The van der Waals surface area contributed by atoms with Gasteiger partial charge in [0, 0.05) is 13.1 Å². The largest absolute Gasteiger partial charge is 0.326 e. The molecule has 1 aromatic carbocycles. The van der Waals surface area contributed by atoms with Crippen molar-refractivity contribution in [3.63, 3.8) is 0 Å². The second kappa shape index (κ2) is 6.89. The number of benzene rings is 1. The first-order valence-electron chi connectivity index (χ1n) is 8.20. The zero-order chi connectivity index (χ0) is 16.4. The molecule has 124 valence electrons. The highest BCUT2D eigenvalue weighted by Crippen LogP contribution is 2.36. The van der Waals surface area contributed by atoms with Crippen molar-refractivity contribution in [3.8, 4) is 0 Å². The molecule has 2 heterocycles. The molecule has 6 heteroatoms. The smallest absolute Gasteiger partial charge is 0.258 e. The van der Waals surface area contributed by atoms with Crippen LogP contribution in [0, 0.1) is 0 Å². The Morgan fingerprint density at radius 1 is 1.30 bits per heavy atom. The fourth-order valence-corrected chi connectivity index (χ4v) is 3.71. The average Bonchev–Trinajstić information content (AvgIpc) is 3.00. The van der Waals surface area contributed by atoms with Crippen molar-refractivity contribution in [2.45, 2.75) is 31.7 Å². The van der Waals surface area contributed by atoms with E-state index in [0.717, 1.165) is 32.2 Å². The molecule has 1 N–H and O–H groups in total. The van der Waals surface area contributed by atoms with Crippen molar-refractivity contribution in [1.82, 2.24) is 10.2 Å². The Labute approximate surface area is 141 Å². The molecule has 1 saturated heterocycles. The van der Waals surface area contributed by atoms with E-state index in [9.17, 15) is 9.59 Å². The van der Waals surface area contributed by atoms with Gasteiger partial charge in [0.25, 0.3) is 5.91 Å². The van der Waals surface area contributed by atoms with E-state index in [2.05, 4.69) is 5.32 Å². The number of amides is 2. The van der Waals surface area contributed by atoms with Crippen LogP contribution in [0.25, 0.3) is 0 Å². The summed E-state index contributed by atoms with van der Waals surface area (Å²) in [6.07, 6.45) is 3.48. The maximum absolute atomic E-state index is 13.0. The summed E-state index contributed by atoms with van der Waals surface area (Å²) in [5.74, 6) is -0.0829. The lowest BCUT2D eigenvalue weighted by Crippen LogP contribution is -2.45. The number of unbranched alkanes of at least 4 members (excludes halogenated alkanes) is 1. The summed E-state index contributed by atoms with van der Waals surface area (Å²) in [6.45, 7) is 2.16. The van der Waals surface area contributed by atoms with Gasteiger partial charge in [0.05, 0.1) is 16.3 Å². The number of carbonyl (C=O) groups is 2. The molecule has 2 amide bonds. The summed E-state index contributed by atoms with van der Waals surface area (Å²) in [5, 5.41) is 3.54. The van der Waals surface area contributed by atoms with Crippen LogP contribution in [-0.2, 0) is 4.79 Å². The van der Waals surface area contributed by atoms with Crippen LogP contribution in [0.3, 0.4) is 0 Å². The van der Waals surface area contributed by atoms with E-state index in [0.29, 0.717) is 29.4 Å². The van der Waals surface area contributed by atoms with E-state index in [1.54, 1.807) is 21.9 Å². The molecule has 23 heavy (non-hydrogen) atoms. The predicted molar refractivity (Wildman–Crippen MR) is 91.0 cm³/mol. The molecular weight excluding hydrogens is 314 g/mol. The van der Waals surface area contributed by atoms with Crippen LogP contribution in [0.2, 0.25) is 5.02 Å². The van der Waals surface area contributed by atoms with Crippen molar-refractivity contribution in [3.05, 3.63) is 28.8 Å². The second-order valence-electron chi connectivity index (χ2n) is 6.09. The average molecular weight is 336 g/mol. The third-order valence-corrected chi connectivity index (χ3v) is 4.93. The Hall–Kier alpha value is -1.59. The van der Waals surface area contributed by atoms with Gasteiger partial charge in [-0.3, -0.25) is 9.59 Å². The van der Waals surface area contributed by atoms with Gasteiger partial charge in [-0.2, -0.15) is 0 Å². The predicted octanol–water partition coefficient (Wildman–Crippen LogP) is 2.29. The van der Waals surface area contributed by atoms with E-state index >= 15 is 0 Å². The monoisotopic (exact) mass is 335 g/mol. The van der Waals surface area contributed by atoms with Crippen molar-refractivity contribution in [2.75, 3.05) is 31.6 Å². The maximum atomic E-state index is 13.0. The zero-order valence-electron chi connectivity index (χ0n) is 13.3. The summed E-state index contributed by atoms with van der Waals surface area (Å²) in [6, 6.07) is 5.02. The molecule has 1 atom stereocenters. The Kier molecular flexibility index (Phi) is 4.87. The molecule has 3 rings (SSSR count). The number of nitrogens with zero attached hydrogens (tertiary/aromatic N) is 2. The normalized spacial score (nSPS) is 20.5. The number of halogens is 1. The summed E-state index contributed by atoms with van der Waals surface area (Å²) in [5.41, 5.74) is 1.13. The van der Waals surface area contributed by atoms with Crippen LogP contribution in [-0.4, -0.2) is 49.4 Å². The van der Waals surface area contributed by atoms with Gasteiger partial charge in [-0.25, -0.2) is 0 Å². The van der Waals surface area contributed by atoms with Crippen LogP contribution < -0.4 is 10.2 Å². The van der Waals surface area contributed by atoms with Crippen molar-refractivity contribution in [1.29, 1.82) is 0 Å². The Bertz CT molecular complexity index is 620. The second-order valence-corrected chi connectivity index (χ2v) is 6.50. The van der Waals surface area contributed by atoms with E-state index in [1.165, 1.54) is 0 Å². The summed E-state index contributed by atoms with van der Waals surface area (Å²) in [4.78, 5) is 29.3. The molecule has 1 fully saturated rings. The molecule has 5 nitrogen and oxygen atoms in total. The van der Waals surface area contributed by atoms with E-state index in [4.69, 9.17) is 11.6 Å². The fraction of sp³-hybridized carbons (Fsp3) is 0.529. The van der Waals surface area contributed by atoms with E-state index in [-0.39, 0.29) is 17.9 Å². The minimum absolute atomic E-state index is 0.0290. The lowest BCUT2D eigenvalue weighted by molar-refractivity contribution is -0.122. The quantitative estimate of drug-likeness (QED) is 0.840. The third kappa shape index (κ3) is 2.95. The maximum Gasteiger partial charge on any atom is 0.258 e. The number of nitrogens with one attached hydrogen (secondary N) is 1. The summed E-state index contributed by atoms with van der Waals surface area (Å²) in [7, 11) is 1.92. The van der Waals surface area contributed by atoms with Gasteiger partial charge in [0.1, 0.15) is 6.04 Å². The third-order valence-electron chi connectivity index (χ3n) is 4.62. The highest BCUT2D eigenvalue weighted by Gasteiger charge is 2.42. The first-order valence-corrected chi connectivity index (χ1v) is 8.58. The SMILES string of the molecule is CNCCCCN1C(=O)[C@@H]2CCCN2C(=O)c2c(Cl)cccc21. The minimum atomic E-state index is -0.338. The van der Waals surface area contributed by atoms with Gasteiger partial charge in [-0.15, -0.1) is 0 Å². The zero-order valence-corrected chi connectivity index (χ0v) is 14.1. The number of anilines is 1. The van der Waals surface area contributed by atoms with Crippen LogP contribution in [0.15, 0.2) is 18.2 Å². The van der Waals surface area contributed by atoms with Gasteiger partial charge >= 0.3 is 0 Å². The Morgan fingerprint density at radius 2 is 2.13 bits per heavy atom. The molecule has 0 spiro atoms. The molecule has 2 aliphatic rings. The van der Waals surface area contributed by atoms with Gasteiger partial charge in [0.2, 0.25) is 5.91 Å². The van der Waals surface area contributed by atoms with Crippen molar-refractivity contribution >= 4 is 29.1 Å². The minimum Gasteiger partial charge on any atom is -0.326 e. The molecule has 0 aliphatic carbocycles. The summed E-state index contributed by atoms with van der Waals surface area (Å²) >= 11 is 6.30. The van der Waals surface area contributed by atoms with Crippen molar-refractivity contribution in [2.24, 2.45) is 0 Å². The van der Waals surface area contributed by atoms with Gasteiger partial charge in [0.15, 0.2) is 0 Å². The lowest BCUT2D eigenvalue weighted by Gasteiger charge is -2.26. The van der Waals surface area contributed by atoms with Gasteiger partial charge in [-0.05, 0) is 51.4 Å². The van der Waals surface area contributed by atoms with Gasteiger partial charge in [-0.1, -0.05) is 17.7 Å². The molecule has 0 unspecified atom stereocenters. The number of hydrogen-bond acceptors (Lipinski definition) is 3. The van der Waals surface area contributed by atoms with Crippen LogP contribution in [0.5, 0.6) is 0 Å². The number of rotatable bonds is 5. The first-order chi connectivity index (χ1) is 11.1. The fourth-order valence-electron chi connectivity index (χ4n) is 3.46. The topological polar surface area (TPSA) is 52.7 Å². The molecule has 0 saturated carbocycles. The standard InChI is InChI=1S/C17H22ClN3O2/c1-19-9-2-3-10-20-13-7-4-6-12(18)15(13)17(23)21-11-5-8-14(21)16(20)22/h4,6-7,14,19H,2-3,5,8-11H2,1H3/t14-/m0/s1.